The first-order valence-corrected chi connectivity index (χ1v) is 10.1. The van der Waals surface area contributed by atoms with Crippen LogP contribution in [-0.2, 0) is 4.74 Å². The fraction of sp³-hybridized carbons (Fsp3) is 0. The Morgan fingerprint density at radius 2 is 0.935 bits per heavy atom. The molecule has 2 N–H and O–H groups in total. The van der Waals surface area contributed by atoms with Gasteiger partial charge in [0, 0.05) is 5.56 Å². The zero-order valence-electron chi connectivity index (χ0n) is 16.8. The molecule has 0 bridgehead atoms. The molecule has 5 aromatic rings. The summed E-state index contributed by atoms with van der Waals surface area (Å²) < 4.78 is 5.75. The Labute approximate surface area is 180 Å². The summed E-state index contributed by atoms with van der Waals surface area (Å²) in [5.74, 6) is -0.0632. The number of benzene rings is 5. The van der Waals surface area contributed by atoms with E-state index in [0.29, 0.717) is 11.1 Å². The molecule has 3 heteroatoms. The Balaban J connectivity index is 1.74. The van der Waals surface area contributed by atoms with E-state index in [2.05, 4.69) is 24.3 Å². The van der Waals surface area contributed by atoms with Gasteiger partial charge in [-0.1, -0.05) is 97.1 Å². The van der Waals surface area contributed by atoms with Crippen LogP contribution >= 0.6 is 0 Å². The zero-order chi connectivity index (χ0) is 21.2. The summed E-state index contributed by atoms with van der Waals surface area (Å²) in [4.78, 5) is 0. The monoisotopic (exact) mass is 400 g/mol. The molecule has 3 nitrogen and oxygen atoms in total. The van der Waals surface area contributed by atoms with Crippen molar-refractivity contribution in [3.63, 3.8) is 0 Å². The highest BCUT2D eigenvalue weighted by Gasteiger charge is 2.19. The Morgan fingerprint density at radius 3 is 1.48 bits per heavy atom. The molecule has 0 spiro atoms. The van der Waals surface area contributed by atoms with E-state index >= 15 is 0 Å². The normalized spacial score (nSPS) is 10.8. The van der Waals surface area contributed by atoms with Gasteiger partial charge >= 0.3 is 0 Å². The molecule has 0 unspecified atom stereocenters. The Bertz CT molecular complexity index is 1370. The molecule has 0 aliphatic carbocycles. The summed E-state index contributed by atoms with van der Waals surface area (Å²) in [6.45, 7) is 0. The standard InChI is InChI=1S/C28H20N2O/c29-27(20-13-5-2-6-14-20)31-28(30)26-23-17-9-7-15-21(23)25(19-11-3-1-4-12-19)22-16-8-10-18-24(22)26/h1-18,29-30H. The molecular formula is C28H20N2O. The van der Waals surface area contributed by atoms with Gasteiger partial charge in [0.05, 0.1) is 5.56 Å². The van der Waals surface area contributed by atoms with E-state index < -0.39 is 0 Å². The maximum Gasteiger partial charge on any atom is 0.222 e. The largest absolute Gasteiger partial charge is 0.421 e. The van der Waals surface area contributed by atoms with Gasteiger partial charge in [0.15, 0.2) is 0 Å². The minimum atomic E-state index is -0.0362. The van der Waals surface area contributed by atoms with Crippen molar-refractivity contribution in [3.05, 3.63) is 120 Å². The van der Waals surface area contributed by atoms with Crippen LogP contribution in [0, 0.1) is 10.8 Å². The second kappa shape index (κ2) is 7.88. The maximum atomic E-state index is 8.79. The Morgan fingerprint density at radius 1 is 0.484 bits per heavy atom. The van der Waals surface area contributed by atoms with Crippen molar-refractivity contribution in [3.8, 4) is 11.1 Å². The lowest BCUT2D eigenvalue weighted by Crippen LogP contribution is -2.14. The third kappa shape index (κ3) is 3.36. The van der Waals surface area contributed by atoms with Crippen molar-refractivity contribution in [1.82, 2.24) is 0 Å². The molecule has 5 aromatic carbocycles. The second-order valence-electron chi connectivity index (χ2n) is 7.33. The highest BCUT2D eigenvalue weighted by Crippen LogP contribution is 2.39. The highest BCUT2D eigenvalue weighted by atomic mass is 16.5. The molecule has 0 amide bonds. The average molecular weight is 400 g/mol. The minimum absolute atomic E-state index is 0.0270. The van der Waals surface area contributed by atoms with Crippen molar-refractivity contribution >= 4 is 33.3 Å². The van der Waals surface area contributed by atoms with Crippen molar-refractivity contribution in [1.29, 1.82) is 10.8 Å². The first-order valence-electron chi connectivity index (χ1n) is 10.1. The van der Waals surface area contributed by atoms with Crippen LogP contribution in [0.25, 0.3) is 32.7 Å². The van der Waals surface area contributed by atoms with Gasteiger partial charge in [-0.15, -0.1) is 0 Å². The first kappa shape index (κ1) is 18.8. The van der Waals surface area contributed by atoms with E-state index in [9.17, 15) is 0 Å². The van der Waals surface area contributed by atoms with Crippen molar-refractivity contribution < 1.29 is 4.74 Å². The SMILES string of the molecule is N=C(OC(=N)c1c2ccccc2c(-c2ccccc2)c2ccccc12)c1ccccc1. The maximum absolute atomic E-state index is 8.79. The number of ether oxygens (including phenoxy) is 1. The van der Waals surface area contributed by atoms with Gasteiger partial charge in [0.2, 0.25) is 11.8 Å². The van der Waals surface area contributed by atoms with Crippen molar-refractivity contribution in [2.45, 2.75) is 0 Å². The van der Waals surface area contributed by atoms with Crippen LogP contribution in [0.3, 0.4) is 0 Å². The van der Waals surface area contributed by atoms with Crippen LogP contribution in [0.1, 0.15) is 11.1 Å². The first-order chi connectivity index (χ1) is 15.2. The summed E-state index contributed by atoms with van der Waals surface area (Å²) >= 11 is 0. The lowest BCUT2D eigenvalue weighted by atomic mass is 9.88. The molecule has 0 aliphatic rings. The third-order valence-electron chi connectivity index (χ3n) is 5.46. The van der Waals surface area contributed by atoms with E-state index in [1.165, 1.54) is 0 Å². The number of nitrogens with one attached hydrogen (secondary N) is 2. The summed E-state index contributed by atoms with van der Waals surface area (Å²) in [6.07, 6.45) is 0. The van der Waals surface area contributed by atoms with Gasteiger partial charge in [-0.05, 0) is 44.8 Å². The topological polar surface area (TPSA) is 56.9 Å². The fourth-order valence-electron chi connectivity index (χ4n) is 4.09. The molecule has 0 saturated carbocycles. The molecule has 5 rings (SSSR count). The summed E-state index contributed by atoms with van der Waals surface area (Å²) in [7, 11) is 0. The molecule has 0 radical (unpaired) electrons. The van der Waals surface area contributed by atoms with Gasteiger partial charge in [-0.3, -0.25) is 10.8 Å². The fourth-order valence-corrected chi connectivity index (χ4v) is 4.09. The summed E-state index contributed by atoms with van der Waals surface area (Å²) in [5, 5.41) is 21.1. The van der Waals surface area contributed by atoms with Crippen LogP contribution in [0.2, 0.25) is 0 Å². The van der Waals surface area contributed by atoms with Crippen LogP contribution in [-0.4, -0.2) is 11.8 Å². The number of hydrogen-bond acceptors (Lipinski definition) is 3. The predicted octanol–water partition coefficient (Wildman–Crippen LogP) is 7.03. The Hall–Kier alpha value is -4.24. The van der Waals surface area contributed by atoms with Crippen molar-refractivity contribution in [2.24, 2.45) is 0 Å². The predicted molar refractivity (Wildman–Crippen MR) is 128 cm³/mol. The lowest BCUT2D eigenvalue weighted by Gasteiger charge is -2.18. The van der Waals surface area contributed by atoms with Gasteiger partial charge < -0.3 is 4.74 Å². The number of hydrogen-bond donors (Lipinski definition) is 2. The van der Waals surface area contributed by atoms with E-state index in [4.69, 9.17) is 15.6 Å². The minimum Gasteiger partial charge on any atom is -0.421 e. The molecule has 31 heavy (non-hydrogen) atoms. The molecular weight excluding hydrogens is 380 g/mol. The number of fused-ring (bicyclic) bond motifs is 2. The van der Waals surface area contributed by atoms with E-state index in [1.807, 2.05) is 84.9 Å². The van der Waals surface area contributed by atoms with E-state index in [1.54, 1.807) is 0 Å². The van der Waals surface area contributed by atoms with Crippen LogP contribution in [0.5, 0.6) is 0 Å². The average Bonchev–Trinajstić information content (AvgIpc) is 2.83. The molecule has 0 saturated heterocycles. The highest BCUT2D eigenvalue weighted by molar-refractivity contribution is 6.25. The van der Waals surface area contributed by atoms with E-state index in [0.717, 1.165) is 32.7 Å². The third-order valence-corrected chi connectivity index (χ3v) is 5.46. The lowest BCUT2D eigenvalue weighted by molar-refractivity contribution is 0.539. The smallest absolute Gasteiger partial charge is 0.222 e. The van der Waals surface area contributed by atoms with Gasteiger partial charge in [0.25, 0.3) is 0 Å². The summed E-state index contributed by atoms with van der Waals surface area (Å²) in [5.41, 5.74) is 3.61. The molecule has 0 atom stereocenters. The molecule has 0 heterocycles. The van der Waals surface area contributed by atoms with E-state index in [-0.39, 0.29) is 11.8 Å². The zero-order valence-corrected chi connectivity index (χ0v) is 16.8. The van der Waals surface area contributed by atoms with Crippen LogP contribution in [0.4, 0.5) is 0 Å². The molecule has 0 aromatic heterocycles. The Kier molecular flexibility index (Phi) is 4.77. The van der Waals surface area contributed by atoms with Crippen molar-refractivity contribution in [2.75, 3.05) is 0 Å². The molecule has 0 aliphatic heterocycles. The van der Waals surface area contributed by atoms with Gasteiger partial charge in [-0.25, -0.2) is 0 Å². The molecule has 0 fully saturated rings. The quantitative estimate of drug-likeness (QED) is 0.191. The van der Waals surface area contributed by atoms with Gasteiger partial charge in [-0.2, -0.15) is 0 Å². The number of rotatable bonds is 3. The molecule has 148 valence electrons. The van der Waals surface area contributed by atoms with Crippen LogP contribution < -0.4 is 0 Å². The summed E-state index contributed by atoms with van der Waals surface area (Å²) in [6, 6.07) is 35.8. The van der Waals surface area contributed by atoms with Gasteiger partial charge in [0.1, 0.15) is 0 Å². The van der Waals surface area contributed by atoms with Crippen LogP contribution in [0.15, 0.2) is 109 Å². The second-order valence-corrected chi connectivity index (χ2v) is 7.33.